The monoisotopic (exact) mass is 304 g/mol. The maximum absolute atomic E-state index is 11.1. The van der Waals surface area contributed by atoms with Crippen LogP contribution in [0.2, 0.25) is 0 Å². The molecule has 1 aliphatic carbocycles. The Hall–Kier alpha value is -0.600. The van der Waals surface area contributed by atoms with Crippen LogP contribution in [0, 0.1) is 23.7 Å². The molecule has 0 saturated carbocycles. The highest BCUT2D eigenvalue weighted by atomic mass is 16.5. The van der Waals surface area contributed by atoms with Gasteiger partial charge in [0.05, 0.1) is 17.8 Å². The highest BCUT2D eigenvalue weighted by molar-refractivity contribution is 5.21. The Labute approximate surface area is 135 Å². The predicted octanol–water partition coefficient (Wildman–Crippen LogP) is 4.49. The van der Waals surface area contributed by atoms with Gasteiger partial charge < -0.3 is 9.84 Å². The second-order valence-corrected chi connectivity index (χ2v) is 8.44. The molecular weight excluding hydrogens is 272 g/mol. The van der Waals surface area contributed by atoms with E-state index < -0.39 is 5.60 Å². The molecule has 2 heterocycles. The number of allylic oxidation sites excluding steroid dienone is 2. The summed E-state index contributed by atoms with van der Waals surface area (Å²) < 4.78 is 6.53. The van der Waals surface area contributed by atoms with Gasteiger partial charge in [-0.15, -0.1) is 0 Å². The minimum Gasteiger partial charge on any atom is -0.387 e. The number of hydrogen-bond donors (Lipinski definition) is 1. The van der Waals surface area contributed by atoms with Crippen molar-refractivity contribution in [3.8, 4) is 0 Å². The van der Waals surface area contributed by atoms with Gasteiger partial charge in [0.1, 0.15) is 0 Å². The molecule has 3 aliphatic rings. The highest BCUT2D eigenvalue weighted by Gasteiger charge is 2.55. The van der Waals surface area contributed by atoms with Gasteiger partial charge in [0.25, 0.3) is 0 Å². The van der Waals surface area contributed by atoms with Crippen LogP contribution in [-0.4, -0.2) is 22.9 Å². The molecule has 0 unspecified atom stereocenters. The molecular formula is C20H32O2. The van der Waals surface area contributed by atoms with E-state index in [0.717, 1.165) is 25.7 Å². The number of hydrogen-bond acceptors (Lipinski definition) is 2. The smallest absolute Gasteiger partial charge is 0.0901 e. The molecule has 0 amide bonds. The largest absolute Gasteiger partial charge is 0.387 e. The molecule has 1 N–H and O–H groups in total. The van der Waals surface area contributed by atoms with Gasteiger partial charge in [-0.3, -0.25) is 0 Å². The molecule has 0 radical (unpaired) electrons. The van der Waals surface area contributed by atoms with Gasteiger partial charge in [-0.2, -0.15) is 0 Å². The molecule has 1 fully saturated rings. The summed E-state index contributed by atoms with van der Waals surface area (Å²) in [6, 6.07) is 0. The first-order chi connectivity index (χ1) is 10.3. The molecule has 2 heteroatoms. The number of fused-ring (bicyclic) bond motifs is 5. The van der Waals surface area contributed by atoms with Crippen LogP contribution >= 0.6 is 0 Å². The number of rotatable bonds is 1. The van der Waals surface area contributed by atoms with Gasteiger partial charge >= 0.3 is 0 Å². The van der Waals surface area contributed by atoms with Gasteiger partial charge in [0.2, 0.25) is 0 Å². The van der Waals surface area contributed by atoms with Crippen molar-refractivity contribution in [1.29, 1.82) is 0 Å². The van der Waals surface area contributed by atoms with Crippen LogP contribution in [0.5, 0.6) is 0 Å². The summed E-state index contributed by atoms with van der Waals surface area (Å²) in [6.07, 6.45) is 8.89. The summed E-state index contributed by atoms with van der Waals surface area (Å²) >= 11 is 0. The van der Waals surface area contributed by atoms with Crippen molar-refractivity contribution in [2.45, 2.75) is 78.1 Å². The average molecular weight is 304 g/mol. The molecule has 2 nitrogen and oxygen atoms in total. The zero-order chi connectivity index (χ0) is 16.1. The van der Waals surface area contributed by atoms with E-state index in [1.54, 1.807) is 0 Å². The average Bonchev–Trinajstić information content (AvgIpc) is 2.80. The Kier molecular flexibility index (Phi) is 4.28. The quantitative estimate of drug-likeness (QED) is 0.723. The second kappa shape index (κ2) is 5.79. The molecule has 0 aromatic rings. The lowest BCUT2D eigenvalue weighted by Gasteiger charge is -2.42. The van der Waals surface area contributed by atoms with E-state index in [1.807, 2.05) is 6.92 Å². The lowest BCUT2D eigenvalue weighted by atomic mass is 9.63. The van der Waals surface area contributed by atoms with E-state index >= 15 is 0 Å². The molecule has 0 aromatic carbocycles. The Bertz CT molecular complexity index is 486. The van der Waals surface area contributed by atoms with E-state index in [-0.39, 0.29) is 12.2 Å². The first-order valence-corrected chi connectivity index (χ1v) is 9.01. The Balaban J connectivity index is 2.03. The third-order valence-electron chi connectivity index (χ3n) is 6.35. The van der Waals surface area contributed by atoms with Crippen LogP contribution in [0.4, 0.5) is 0 Å². The highest BCUT2D eigenvalue weighted by Crippen LogP contribution is 2.53. The number of aliphatic hydroxyl groups is 1. The van der Waals surface area contributed by atoms with Crippen molar-refractivity contribution in [1.82, 2.24) is 0 Å². The summed E-state index contributed by atoms with van der Waals surface area (Å²) in [7, 11) is 0. The van der Waals surface area contributed by atoms with Gasteiger partial charge in [-0.25, -0.2) is 0 Å². The Morgan fingerprint density at radius 1 is 1.27 bits per heavy atom. The summed E-state index contributed by atoms with van der Waals surface area (Å²) in [5, 5.41) is 11.1. The summed E-state index contributed by atoms with van der Waals surface area (Å²) in [5.41, 5.74) is 2.18. The van der Waals surface area contributed by atoms with Crippen molar-refractivity contribution in [3.05, 3.63) is 23.3 Å². The zero-order valence-electron chi connectivity index (χ0n) is 14.8. The van der Waals surface area contributed by atoms with Crippen LogP contribution in [0.25, 0.3) is 0 Å². The van der Waals surface area contributed by atoms with Crippen LogP contribution in [0.1, 0.15) is 60.3 Å². The molecule has 22 heavy (non-hydrogen) atoms. The summed E-state index contributed by atoms with van der Waals surface area (Å²) in [4.78, 5) is 0. The Morgan fingerprint density at radius 3 is 2.68 bits per heavy atom. The summed E-state index contributed by atoms with van der Waals surface area (Å²) in [5.74, 6) is 2.21. The van der Waals surface area contributed by atoms with E-state index in [1.165, 1.54) is 11.1 Å². The molecule has 0 spiro atoms. The normalized spacial score (nSPS) is 47.9. The lowest BCUT2D eigenvalue weighted by Crippen LogP contribution is -2.47. The van der Waals surface area contributed by atoms with Crippen LogP contribution in [0.15, 0.2) is 23.3 Å². The van der Waals surface area contributed by atoms with Gasteiger partial charge in [0.15, 0.2) is 0 Å². The minimum absolute atomic E-state index is 0.0159. The maximum atomic E-state index is 11.1. The zero-order valence-corrected chi connectivity index (χ0v) is 14.8. The molecule has 0 aromatic heterocycles. The first-order valence-electron chi connectivity index (χ1n) is 9.01. The van der Waals surface area contributed by atoms with E-state index in [0.29, 0.717) is 23.7 Å². The molecule has 124 valence electrons. The molecule has 2 bridgehead atoms. The van der Waals surface area contributed by atoms with Crippen LogP contribution < -0.4 is 0 Å². The van der Waals surface area contributed by atoms with E-state index in [4.69, 9.17) is 4.74 Å². The predicted molar refractivity (Wildman–Crippen MR) is 90.6 cm³/mol. The SMILES string of the molecule is CC1=CC[C@H](C(C)C)[C@@H]2[C@H]1[C@@H]1C/C(C)=C\CC[C@@](C)(O)[C@H]2O1. The first kappa shape index (κ1) is 16.3. The van der Waals surface area contributed by atoms with Crippen LogP contribution in [0.3, 0.4) is 0 Å². The second-order valence-electron chi connectivity index (χ2n) is 8.44. The van der Waals surface area contributed by atoms with Crippen molar-refractivity contribution < 1.29 is 9.84 Å². The van der Waals surface area contributed by atoms with Gasteiger partial charge in [-0.1, -0.05) is 37.1 Å². The van der Waals surface area contributed by atoms with Gasteiger partial charge in [-0.05, 0) is 58.3 Å². The van der Waals surface area contributed by atoms with Crippen molar-refractivity contribution in [2.75, 3.05) is 0 Å². The molecule has 2 aliphatic heterocycles. The molecule has 3 rings (SSSR count). The fourth-order valence-electron chi connectivity index (χ4n) is 5.11. The number of ether oxygens (including phenoxy) is 1. The van der Waals surface area contributed by atoms with E-state index in [9.17, 15) is 5.11 Å². The van der Waals surface area contributed by atoms with Crippen molar-refractivity contribution >= 4 is 0 Å². The molecule has 1 saturated heterocycles. The third kappa shape index (κ3) is 2.69. The van der Waals surface area contributed by atoms with Gasteiger partial charge in [0, 0.05) is 11.8 Å². The minimum atomic E-state index is -0.719. The standard InChI is InChI=1S/C20H32O2/c1-12(2)15-9-8-14(4)17-16-11-13(3)7-6-10-20(5,21)19(22-16)18(15)17/h7-8,12,15-19,21H,6,9-11H2,1-5H3/b13-7-/t15-,16+,17-,18-,19+,20-/m1/s1. The van der Waals surface area contributed by atoms with Crippen molar-refractivity contribution in [3.63, 3.8) is 0 Å². The molecule has 6 atom stereocenters. The summed E-state index contributed by atoms with van der Waals surface area (Å²) in [6.45, 7) is 11.1. The topological polar surface area (TPSA) is 29.5 Å². The fraction of sp³-hybridized carbons (Fsp3) is 0.800. The fourth-order valence-corrected chi connectivity index (χ4v) is 5.11. The third-order valence-corrected chi connectivity index (χ3v) is 6.35. The van der Waals surface area contributed by atoms with Crippen LogP contribution in [-0.2, 0) is 4.74 Å². The van der Waals surface area contributed by atoms with Crippen molar-refractivity contribution in [2.24, 2.45) is 23.7 Å². The lowest BCUT2D eigenvalue weighted by molar-refractivity contribution is -0.115. The van der Waals surface area contributed by atoms with E-state index in [2.05, 4.69) is 39.8 Å². The maximum Gasteiger partial charge on any atom is 0.0901 e. The Morgan fingerprint density at radius 2 is 2.00 bits per heavy atom.